The first-order valence-electron chi connectivity index (χ1n) is 11.1. The van der Waals surface area contributed by atoms with Crippen molar-refractivity contribution in [1.82, 2.24) is 9.47 Å². The van der Waals surface area contributed by atoms with Gasteiger partial charge in [-0.2, -0.15) is 0 Å². The Hall–Kier alpha value is -3.17. The number of amides is 1. The monoisotopic (exact) mass is 487 g/mol. The van der Waals surface area contributed by atoms with E-state index < -0.39 is 23.4 Å². The van der Waals surface area contributed by atoms with E-state index >= 15 is 0 Å². The van der Waals surface area contributed by atoms with E-state index in [1.165, 1.54) is 34.9 Å². The fraction of sp³-hybridized carbons (Fsp3) is 0.280. The molecule has 0 spiro atoms. The molecule has 0 saturated carbocycles. The van der Waals surface area contributed by atoms with Crippen LogP contribution < -0.4 is 20.1 Å². The van der Waals surface area contributed by atoms with Crippen LogP contribution in [-0.4, -0.2) is 35.0 Å². The maximum atomic E-state index is 14.0. The van der Waals surface area contributed by atoms with E-state index in [0.29, 0.717) is 34.4 Å². The van der Waals surface area contributed by atoms with Gasteiger partial charge < -0.3 is 10.2 Å². The summed E-state index contributed by atoms with van der Waals surface area (Å²) in [5, 5.41) is 2.72. The van der Waals surface area contributed by atoms with Crippen molar-refractivity contribution in [3.8, 4) is 0 Å². The Labute approximate surface area is 198 Å². The maximum Gasteiger partial charge on any atom is 0.269 e. The van der Waals surface area contributed by atoms with Gasteiger partial charge >= 0.3 is 0 Å². The van der Waals surface area contributed by atoms with E-state index in [-0.39, 0.29) is 15.7 Å². The topological polar surface area (TPSA) is 54.3 Å². The summed E-state index contributed by atoms with van der Waals surface area (Å²) in [4.78, 5) is 28.4. The average molecular weight is 488 g/mol. The highest BCUT2D eigenvalue weighted by Crippen LogP contribution is 2.30. The molecule has 4 rings (SSSR count). The summed E-state index contributed by atoms with van der Waals surface area (Å²) < 4.78 is 43.2. The van der Waals surface area contributed by atoms with Crippen molar-refractivity contribution in [2.45, 2.75) is 26.8 Å². The molecule has 1 aliphatic rings. The van der Waals surface area contributed by atoms with E-state index in [9.17, 15) is 22.8 Å². The minimum absolute atomic E-state index is 0.226. The van der Waals surface area contributed by atoms with E-state index in [1.54, 1.807) is 0 Å². The number of benzene rings is 2. The van der Waals surface area contributed by atoms with Gasteiger partial charge in [-0.25, -0.2) is 13.2 Å². The van der Waals surface area contributed by atoms with Gasteiger partial charge in [0.05, 0.1) is 10.1 Å². The van der Waals surface area contributed by atoms with Crippen LogP contribution in [0.4, 0.5) is 18.9 Å². The number of carbonyl (C=O) groups excluding carboxylic acids is 1. The molecule has 1 amide bonds. The second-order valence-corrected chi connectivity index (χ2v) is 8.98. The van der Waals surface area contributed by atoms with Crippen LogP contribution in [0.3, 0.4) is 0 Å². The van der Waals surface area contributed by atoms with Crippen LogP contribution in [0.25, 0.3) is 11.6 Å². The lowest BCUT2D eigenvalue weighted by atomic mass is 10.1. The number of carbonyl (C=O) groups is 1. The molecule has 34 heavy (non-hydrogen) atoms. The molecule has 0 saturated heterocycles. The number of anilines is 1. The van der Waals surface area contributed by atoms with Gasteiger partial charge in [-0.3, -0.25) is 14.2 Å². The molecule has 0 aliphatic carbocycles. The Balaban J connectivity index is 1.90. The second-order valence-electron chi connectivity index (χ2n) is 7.95. The number of nitrogens with one attached hydrogen (secondary N) is 1. The zero-order valence-corrected chi connectivity index (χ0v) is 19.6. The summed E-state index contributed by atoms with van der Waals surface area (Å²) in [6.07, 6.45) is 2.14. The van der Waals surface area contributed by atoms with Gasteiger partial charge in [-0.15, -0.1) is 11.3 Å². The molecule has 2 aromatic carbocycles. The molecule has 3 aromatic rings. The molecule has 0 bridgehead atoms. The fourth-order valence-electron chi connectivity index (χ4n) is 4.01. The number of thiazole rings is 1. The highest BCUT2D eigenvalue weighted by molar-refractivity contribution is 7.07. The summed E-state index contributed by atoms with van der Waals surface area (Å²) in [5.41, 5.74) is 1.08. The van der Waals surface area contributed by atoms with Crippen molar-refractivity contribution >= 4 is 34.6 Å². The smallest absolute Gasteiger partial charge is 0.269 e. The van der Waals surface area contributed by atoms with Crippen LogP contribution in [0.5, 0.6) is 0 Å². The van der Waals surface area contributed by atoms with Gasteiger partial charge in [0.2, 0.25) is 0 Å². The Morgan fingerprint density at radius 2 is 1.79 bits per heavy atom. The van der Waals surface area contributed by atoms with Crippen molar-refractivity contribution in [2.24, 2.45) is 0 Å². The molecular weight excluding hydrogens is 463 g/mol. The van der Waals surface area contributed by atoms with E-state index in [0.717, 1.165) is 43.1 Å². The fourth-order valence-corrected chi connectivity index (χ4v) is 5.20. The number of halogens is 3. The lowest BCUT2D eigenvalue weighted by Crippen LogP contribution is -2.34. The maximum absolute atomic E-state index is 14.0. The van der Waals surface area contributed by atoms with Crippen molar-refractivity contribution in [3.63, 3.8) is 0 Å². The molecule has 0 radical (unpaired) electrons. The molecule has 1 aliphatic heterocycles. The summed E-state index contributed by atoms with van der Waals surface area (Å²) in [7, 11) is 0. The number of nitrogens with zero attached hydrogens (tertiary/aromatic N) is 2. The van der Waals surface area contributed by atoms with Crippen molar-refractivity contribution in [3.05, 3.63) is 84.5 Å². The van der Waals surface area contributed by atoms with Crippen LogP contribution in [0.15, 0.2) is 41.2 Å². The summed E-state index contributed by atoms with van der Waals surface area (Å²) >= 11 is 1.08. The molecule has 5 nitrogen and oxygen atoms in total. The molecule has 178 valence electrons. The number of hydrogen-bond acceptors (Lipinski definition) is 4. The Morgan fingerprint density at radius 3 is 2.50 bits per heavy atom. The molecule has 9 heteroatoms. The highest BCUT2D eigenvalue weighted by Gasteiger charge is 2.27. The van der Waals surface area contributed by atoms with Gasteiger partial charge in [0, 0.05) is 17.8 Å². The summed E-state index contributed by atoms with van der Waals surface area (Å²) in [6, 6.07) is 7.40. The largest absolute Gasteiger partial charge is 0.321 e. The lowest BCUT2D eigenvalue weighted by molar-refractivity contribution is -0.110. The number of aromatic nitrogens is 1. The molecule has 0 atom stereocenters. The number of rotatable bonds is 7. The van der Waals surface area contributed by atoms with Crippen LogP contribution in [0, 0.1) is 17.5 Å². The van der Waals surface area contributed by atoms with E-state index in [1.807, 2.05) is 0 Å². The van der Waals surface area contributed by atoms with Gasteiger partial charge in [0.15, 0.2) is 11.6 Å². The lowest BCUT2D eigenvalue weighted by Gasteiger charge is -2.17. The van der Waals surface area contributed by atoms with Gasteiger partial charge in [-0.1, -0.05) is 19.9 Å². The van der Waals surface area contributed by atoms with Crippen molar-refractivity contribution in [2.75, 3.05) is 25.0 Å². The third-order valence-electron chi connectivity index (χ3n) is 5.84. The summed E-state index contributed by atoms with van der Waals surface area (Å²) in [6.45, 7) is 7.00. The second kappa shape index (κ2) is 9.99. The minimum Gasteiger partial charge on any atom is -0.321 e. The normalized spacial score (nSPS) is 15.2. The predicted molar refractivity (Wildman–Crippen MR) is 128 cm³/mol. The molecular formula is C25H24F3N3O2S. The van der Waals surface area contributed by atoms with E-state index in [2.05, 4.69) is 24.1 Å². The first-order chi connectivity index (χ1) is 16.3. The van der Waals surface area contributed by atoms with Crippen LogP contribution in [0.2, 0.25) is 0 Å². The first kappa shape index (κ1) is 24.0. The molecule has 0 unspecified atom stereocenters. The van der Waals surface area contributed by atoms with Gasteiger partial charge in [0.1, 0.15) is 10.5 Å². The minimum atomic E-state index is -1.01. The van der Waals surface area contributed by atoms with Crippen molar-refractivity contribution < 1.29 is 18.0 Å². The third kappa shape index (κ3) is 4.71. The zero-order valence-electron chi connectivity index (χ0n) is 18.8. The molecule has 1 aromatic heterocycles. The van der Waals surface area contributed by atoms with Crippen molar-refractivity contribution in [1.29, 1.82) is 0 Å². The Kier molecular flexibility index (Phi) is 7.04. The highest BCUT2D eigenvalue weighted by atomic mass is 32.1. The molecule has 2 heterocycles. The third-order valence-corrected chi connectivity index (χ3v) is 6.97. The average Bonchev–Trinajstić information content (AvgIpc) is 3.29. The van der Waals surface area contributed by atoms with Gasteiger partial charge in [-0.05, 0) is 68.0 Å². The van der Waals surface area contributed by atoms with Crippen LogP contribution in [0.1, 0.15) is 31.4 Å². The van der Waals surface area contributed by atoms with Gasteiger partial charge in [0.25, 0.3) is 11.5 Å². The molecule has 1 N–H and O–H groups in total. The van der Waals surface area contributed by atoms with Crippen LogP contribution >= 0.6 is 11.3 Å². The zero-order chi connectivity index (χ0) is 24.4. The predicted octanol–water partition coefficient (Wildman–Crippen LogP) is 3.04. The number of hydrogen-bond donors (Lipinski definition) is 1. The van der Waals surface area contributed by atoms with Crippen LogP contribution in [-0.2, 0) is 11.3 Å². The van der Waals surface area contributed by atoms with E-state index in [4.69, 9.17) is 0 Å². The Morgan fingerprint density at radius 1 is 1.03 bits per heavy atom. The number of fused-ring (bicyclic) bond motifs is 1. The standard InChI is InChI=1S/C25H24F3N3O2S/c1-3-30(4-2)10-5-11-31-24(33)21(13-15-6-8-18(27)19(28)12-15)34-25(31)22-17-14-16(26)7-9-20(17)29-23(22)32/h6-9,12-14H,3-5,10-11H2,1-2H3,(H,29,32)/b21-13-,25-22-. The quantitative estimate of drug-likeness (QED) is 0.558. The molecule has 0 fully saturated rings. The first-order valence-corrected chi connectivity index (χ1v) is 11.9. The summed E-state index contributed by atoms with van der Waals surface area (Å²) in [5.74, 6) is -2.90. The Bertz CT molecular complexity index is 1420. The SMILES string of the molecule is CCN(CC)CCCn1c(=O)/c(=C/c2ccc(F)c(F)c2)s/c1=C1\C(=O)Nc2ccc(F)cc21.